The second-order valence-electron chi connectivity index (χ2n) is 13.7. The number of anilines is 3. The summed E-state index contributed by atoms with van der Waals surface area (Å²) in [4.78, 5) is 2.33. The number of nitrogens with zero attached hydrogens (tertiary/aromatic N) is 1. The molecule has 0 spiro atoms. The third kappa shape index (κ3) is 5.71. The quantitative estimate of drug-likeness (QED) is 0.166. The topological polar surface area (TPSA) is 16.4 Å². The van der Waals surface area contributed by atoms with Crippen molar-refractivity contribution < 1.29 is 4.42 Å². The lowest BCUT2D eigenvalue weighted by molar-refractivity contribution is 0.669. The van der Waals surface area contributed by atoms with Crippen molar-refractivity contribution in [2.24, 2.45) is 0 Å². The van der Waals surface area contributed by atoms with Crippen LogP contribution < -0.4 is 4.90 Å². The van der Waals surface area contributed by atoms with Gasteiger partial charge in [-0.3, -0.25) is 0 Å². The molecule has 0 saturated carbocycles. The number of furan rings is 1. The summed E-state index contributed by atoms with van der Waals surface area (Å²) in [5, 5.41) is 4.57. The van der Waals surface area contributed by atoms with Gasteiger partial charge in [-0.25, -0.2) is 0 Å². The van der Waals surface area contributed by atoms with Crippen LogP contribution in [0.25, 0.3) is 77.2 Å². The maximum atomic E-state index is 6.97. The summed E-state index contributed by atoms with van der Waals surface area (Å²) in [6.07, 6.45) is 0. The van der Waals surface area contributed by atoms with Crippen LogP contribution in [0.3, 0.4) is 0 Å². The molecule has 10 rings (SSSR count). The molecule has 10 aromatic rings. The first kappa shape index (κ1) is 31.6. The lowest BCUT2D eigenvalue weighted by atomic mass is 9.97. The van der Waals surface area contributed by atoms with E-state index in [9.17, 15) is 0 Å². The summed E-state index contributed by atoms with van der Waals surface area (Å²) in [6, 6.07) is 75.7. The number of hydrogen-bond acceptors (Lipinski definition) is 2. The molecule has 0 atom stereocenters. The van der Waals surface area contributed by atoms with E-state index in [2.05, 4.69) is 217 Å². The molecule has 0 radical (unpaired) electrons. The van der Waals surface area contributed by atoms with Crippen molar-refractivity contribution in [3.63, 3.8) is 0 Å². The second kappa shape index (κ2) is 13.4. The van der Waals surface area contributed by atoms with Gasteiger partial charge in [0, 0.05) is 22.1 Å². The average molecular weight is 690 g/mol. The van der Waals surface area contributed by atoms with Gasteiger partial charge in [-0.05, 0) is 97.7 Å². The van der Waals surface area contributed by atoms with Crippen molar-refractivity contribution in [3.05, 3.63) is 212 Å². The van der Waals surface area contributed by atoms with Gasteiger partial charge in [0.2, 0.25) is 0 Å². The number of rotatable bonds is 7. The zero-order chi connectivity index (χ0) is 35.8. The Kier molecular flexibility index (Phi) is 7.85. The summed E-state index contributed by atoms with van der Waals surface area (Å²) < 4.78 is 6.97. The van der Waals surface area contributed by atoms with Crippen LogP contribution in [0.2, 0.25) is 0 Å². The first-order chi connectivity index (χ1) is 26.8. The highest BCUT2D eigenvalue weighted by Gasteiger charge is 2.23. The molecule has 0 bridgehead atoms. The highest BCUT2D eigenvalue weighted by molar-refractivity contribution is 6.19. The van der Waals surface area contributed by atoms with Crippen LogP contribution in [0.1, 0.15) is 0 Å². The zero-order valence-electron chi connectivity index (χ0n) is 29.6. The fourth-order valence-corrected chi connectivity index (χ4v) is 7.74. The molecule has 0 saturated heterocycles. The number of fused-ring (bicyclic) bond motifs is 4. The maximum Gasteiger partial charge on any atom is 0.160 e. The first-order valence-corrected chi connectivity index (χ1v) is 18.4. The van der Waals surface area contributed by atoms with Crippen molar-refractivity contribution >= 4 is 49.8 Å². The molecule has 0 amide bonds. The van der Waals surface area contributed by atoms with E-state index in [1.54, 1.807) is 0 Å². The molecule has 54 heavy (non-hydrogen) atoms. The molecule has 9 aromatic carbocycles. The molecule has 0 unspecified atom stereocenters. The summed E-state index contributed by atoms with van der Waals surface area (Å²) in [6.45, 7) is 0. The fourth-order valence-electron chi connectivity index (χ4n) is 7.74. The third-order valence-electron chi connectivity index (χ3n) is 10.5. The van der Waals surface area contributed by atoms with E-state index in [0.29, 0.717) is 0 Å². The Balaban J connectivity index is 1.14. The Bertz CT molecular complexity index is 2880. The molecule has 1 heterocycles. The molecule has 0 N–H and O–H groups in total. The lowest BCUT2D eigenvalue weighted by Gasteiger charge is -2.26. The normalized spacial score (nSPS) is 11.3. The van der Waals surface area contributed by atoms with Crippen LogP contribution in [-0.4, -0.2) is 0 Å². The van der Waals surface area contributed by atoms with Crippen LogP contribution >= 0.6 is 0 Å². The zero-order valence-corrected chi connectivity index (χ0v) is 29.6. The smallest absolute Gasteiger partial charge is 0.160 e. The standard InChI is InChI=1S/C52H35NO/c1-4-12-36(13-5-1)38-20-22-39(23-21-38)41-26-30-46(31-27-41)53(45-28-24-40(25-29-45)37-14-6-2-7-15-37)49-33-32-47(42-16-8-3-9-17-42)51-48-34-43-18-10-11-19-44(43)35-50(48)54-52(49)51/h1-35H. The molecule has 0 aliphatic carbocycles. The average Bonchev–Trinajstić information content (AvgIpc) is 3.63. The van der Waals surface area contributed by atoms with Gasteiger partial charge >= 0.3 is 0 Å². The van der Waals surface area contributed by atoms with Gasteiger partial charge in [0.05, 0.1) is 5.69 Å². The molecule has 0 aliphatic heterocycles. The van der Waals surface area contributed by atoms with Crippen molar-refractivity contribution in [2.45, 2.75) is 0 Å². The van der Waals surface area contributed by atoms with E-state index in [1.165, 1.54) is 33.2 Å². The summed E-state index contributed by atoms with van der Waals surface area (Å²) in [5.41, 5.74) is 14.3. The van der Waals surface area contributed by atoms with Crippen LogP contribution in [0.15, 0.2) is 217 Å². The van der Waals surface area contributed by atoms with Crippen molar-refractivity contribution in [1.29, 1.82) is 0 Å². The van der Waals surface area contributed by atoms with Crippen molar-refractivity contribution in [2.75, 3.05) is 4.90 Å². The van der Waals surface area contributed by atoms with Crippen molar-refractivity contribution in [3.8, 4) is 44.5 Å². The molecule has 2 heteroatoms. The molecule has 0 aliphatic rings. The minimum atomic E-state index is 0.856. The van der Waals surface area contributed by atoms with Crippen LogP contribution in [0.4, 0.5) is 17.1 Å². The predicted octanol–water partition coefficient (Wildman–Crippen LogP) is 14.9. The monoisotopic (exact) mass is 689 g/mol. The van der Waals surface area contributed by atoms with E-state index in [-0.39, 0.29) is 0 Å². The summed E-state index contributed by atoms with van der Waals surface area (Å²) >= 11 is 0. The molecule has 1 aromatic heterocycles. The van der Waals surface area contributed by atoms with E-state index in [4.69, 9.17) is 4.42 Å². The third-order valence-corrected chi connectivity index (χ3v) is 10.5. The number of hydrogen-bond donors (Lipinski definition) is 0. The largest absolute Gasteiger partial charge is 0.454 e. The van der Waals surface area contributed by atoms with Crippen LogP contribution in [0, 0.1) is 0 Å². The van der Waals surface area contributed by atoms with Gasteiger partial charge in [-0.1, -0.05) is 170 Å². The van der Waals surface area contributed by atoms with Gasteiger partial charge in [0.1, 0.15) is 5.58 Å². The molecular formula is C52H35NO. The highest BCUT2D eigenvalue weighted by atomic mass is 16.3. The SMILES string of the molecule is c1ccc(-c2ccc(-c3ccc(N(c4ccc(-c5ccccc5)cc4)c4ccc(-c5ccccc5)c5c4oc4cc6ccccc6cc45)cc3)cc2)cc1. The van der Waals surface area contributed by atoms with Crippen molar-refractivity contribution in [1.82, 2.24) is 0 Å². The van der Waals surface area contributed by atoms with Gasteiger partial charge < -0.3 is 9.32 Å². The van der Waals surface area contributed by atoms with E-state index in [0.717, 1.165) is 61.1 Å². The Labute approximate surface area is 314 Å². The molecule has 0 fully saturated rings. The lowest BCUT2D eigenvalue weighted by Crippen LogP contribution is -2.10. The Morgan fingerprint density at radius 3 is 1.24 bits per heavy atom. The minimum Gasteiger partial charge on any atom is -0.454 e. The van der Waals surface area contributed by atoms with E-state index in [1.807, 2.05) is 0 Å². The minimum absolute atomic E-state index is 0.856. The highest BCUT2D eigenvalue weighted by Crippen LogP contribution is 2.47. The van der Waals surface area contributed by atoms with Crippen LogP contribution in [0.5, 0.6) is 0 Å². The summed E-state index contributed by atoms with van der Waals surface area (Å²) in [7, 11) is 0. The first-order valence-electron chi connectivity index (χ1n) is 18.4. The molecule has 254 valence electrons. The van der Waals surface area contributed by atoms with Gasteiger partial charge in [-0.2, -0.15) is 0 Å². The molecule has 2 nitrogen and oxygen atoms in total. The Morgan fingerprint density at radius 1 is 0.333 bits per heavy atom. The Morgan fingerprint density at radius 2 is 0.741 bits per heavy atom. The maximum absolute atomic E-state index is 6.97. The number of benzene rings is 9. The predicted molar refractivity (Wildman–Crippen MR) is 228 cm³/mol. The summed E-state index contributed by atoms with van der Waals surface area (Å²) in [5.74, 6) is 0. The Hall–Kier alpha value is -7.16. The van der Waals surface area contributed by atoms with Crippen LogP contribution in [-0.2, 0) is 0 Å². The second-order valence-corrected chi connectivity index (χ2v) is 13.7. The van der Waals surface area contributed by atoms with E-state index < -0.39 is 0 Å². The fraction of sp³-hybridized carbons (Fsp3) is 0. The van der Waals surface area contributed by atoms with Gasteiger partial charge in [0.25, 0.3) is 0 Å². The van der Waals surface area contributed by atoms with Gasteiger partial charge in [-0.15, -0.1) is 0 Å². The molecular weight excluding hydrogens is 655 g/mol. The van der Waals surface area contributed by atoms with E-state index >= 15 is 0 Å². The van der Waals surface area contributed by atoms with Gasteiger partial charge in [0.15, 0.2) is 5.58 Å².